The van der Waals surface area contributed by atoms with Gasteiger partial charge in [-0.1, -0.05) is 23.2 Å². The van der Waals surface area contributed by atoms with Crippen molar-refractivity contribution in [3.8, 4) is 0 Å². The van der Waals surface area contributed by atoms with Crippen molar-refractivity contribution in [2.45, 2.75) is 20.4 Å². The summed E-state index contributed by atoms with van der Waals surface area (Å²) in [4.78, 5) is 21.9. The first-order chi connectivity index (χ1) is 12.4. The van der Waals surface area contributed by atoms with Gasteiger partial charge < -0.3 is 16.0 Å². The number of nitrogens with one attached hydrogen (secondary N) is 3. The second-order valence-electron chi connectivity index (χ2n) is 5.49. The summed E-state index contributed by atoms with van der Waals surface area (Å²) in [5.41, 5.74) is 1.52. The van der Waals surface area contributed by atoms with Gasteiger partial charge >= 0.3 is 0 Å². The Bertz CT molecular complexity index is 787. The van der Waals surface area contributed by atoms with Gasteiger partial charge in [-0.25, -0.2) is 4.98 Å². The third kappa shape index (κ3) is 5.86. The van der Waals surface area contributed by atoms with Gasteiger partial charge in [0, 0.05) is 30.6 Å². The predicted octanol–water partition coefficient (Wildman–Crippen LogP) is 3.16. The van der Waals surface area contributed by atoms with Crippen LogP contribution >= 0.6 is 34.5 Å². The van der Waals surface area contributed by atoms with E-state index in [2.05, 4.69) is 32.9 Å². The molecule has 2 aromatic rings. The standard InChI is InChI=1S/C17H21Cl2N5OS/c1-10-11(2)26-15(24-10)9-23-17(20-3)22-7-6-21-16(25)12-4-5-13(18)14(19)8-12/h4-5,8H,6-7,9H2,1-3H3,(H,21,25)(H2,20,22,23). The third-order valence-corrected chi connectivity index (χ3v) is 5.40. The fourth-order valence-corrected chi connectivity index (χ4v) is 3.26. The fourth-order valence-electron chi connectivity index (χ4n) is 2.09. The van der Waals surface area contributed by atoms with E-state index in [0.29, 0.717) is 41.2 Å². The highest BCUT2D eigenvalue weighted by atomic mass is 35.5. The van der Waals surface area contributed by atoms with Crippen LogP contribution < -0.4 is 16.0 Å². The van der Waals surface area contributed by atoms with Crippen LogP contribution in [0.15, 0.2) is 23.2 Å². The average Bonchev–Trinajstić information content (AvgIpc) is 2.94. The topological polar surface area (TPSA) is 78.4 Å². The van der Waals surface area contributed by atoms with Crippen LogP contribution in [0.4, 0.5) is 0 Å². The van der Waals surface area contributed by atoms with Crippen molar-refractivity contribution in [1.82, 2.24) is 20.9 Å². The van der Waals surface area contributed by atoms with Crippen molar-refractivity contribution in [1.29, 1.82) is 0 Å². The number of carbonyl (C=O) groups excluding carboxylic acids is 1. The Morgan fingerprint density at radius 1 is 1.15 bits per heavy atom. The van der Waals surface area contributed by atoms with Gasteiger partial charge in [-0.2, -0.15) is 0 Å². The van der Waals surface area contributed by atoms with Crippen molar-refractivity contribution < 1.29 is 4.79 Å². The Kier molecular flexibility index (Phi) is 7.68. The van der Waals surface area contributed by atoms with E-state index in [1.807, 2.05) is 6.92 Å². The summed E-state index contributed by atoms with van der Waals surface area (Å²) in [6.45, 7) is 5.63. The molecule has 0 spiro atoms. The first-order valence-corrected chi connectivity index (χ1v) is 9.58. The monoisotopic (exact) mass is 413 g/mol. The van der Waals surface area contributed by atoms with E-state index in [1.165, 1.54) is 4.88 Å². The van der Waals surface area contributed by atoms with E-state index >= 15 is 0 Å². The average molecular weight is 414 g/mol. The van der Waals surface area contributed by atoms with Crippen molar-refractivity contribution in [2.24, 2.45) is 4.99 Å². The van der Waals surface area contributed by atoms with Crippen LogP contribution in [0.2, 0.25) is 10.0 Å². The molecule has 1 aromatic heterocycles. The quantitative estimate of drug-likeness (QED) is 0.386. The van der Waals surface area contributed by atoms with E-state index < -0.39 is 0 Å². The van der Waals surface area contributed by atoms with Gasteiger partial charge in [0.1, 0.15) is 5.01 Å². The van der Waals surface area contributed by atoms with Gasteiger partial charge in [-0.05, 0) is 32.0 Å². The Morgan fingerprint density at radius 3 is 2.50 bits per heavy atom. The third-order valence-electron chi connectivity index (χ3n) is 3.59. The summed E-state index contributed by atoms with van der Waals surface area (Å²) in [6.07, 6.45) is 0. The Morgan fingerprint density at radius 2 is 1.88 bits per heavy atom. The lowest BCUT2D eigenvalue weighted by Crippen LogP contribution is -2.41. The van der Waals surface area contributed by atoms with Gasteiger partial charge in [-0.15, -0.1) is 11.3 Å². The van der Waals surface area contributed by atoms with E-state index in [1.54, 1.807) is 36.6 Å². The number of guanidine groups is 1. The first-order valence-electron chi connectivity index (χ1n) is 8.01. The number of nitrogens with zero attached hydrogens (tertiary/aromatic N) is 2. The molecule has 3 N–H and O–H groups in total. The molecule has 1 amide bonds. The molecule has 0 aliphatic rings. The molecule has 1 heterocycles. The number of benzene rings is 1. The number of hydrogen-bond donors (Lipinski definition) is 3. The smallest absolute Gasteiger partial charge is 0.251 e. The molecule has 2 rings (SSSR count). The van der Waals surface area contributed by atoms with Gasteiger partial charge in [0.15, 0.2) is 5.96 Å². The van der Waals surface area contributed by atoms with Crippen LogP contribution in [-0.2, 0) is 6.54 Å². The number of rotatable bonds is 6. The highest BCUT2D eigenvalue weighted by molar-refractivity contribution is 7.11. The van der Waals surface area contributed by atoms with Crippen LogP contribution in [0.5, 0.6) is 0 Å². The number of aromatic nitrogens is 1. The number of amides is 1. The lowest BCUT2D eigenvalue weighted by Gasteiger charge is -2.11. The largest absolute Gasteiger partial charge is 0.355 e. The van der Waals surface area contributed by atoms with Crippen molar-refractivity contribution in [2.75, 3.05) is 20.1 Å². The molecule has 26 heavy (non-hydrogen) atoms. The molecule has 0 fully saturated rings. The summed E-state index contributed by atoms with van der Waals surface area (Å²) >= 11 is 13.4. The summed E-state index contributed by atoms with van der Waals surface area (Å²) < 4.78 is 0. The molecule has 0 aliphatic heterocycles. The first kappa shape index (κ1) is 20.5. The molecular formula is C17H21Cl2N5OS. The van der Waals surface area contributed by atoms with Gasteiger partial charge in [0.2, 0.25) is 0 Å². The number of hydrogen-bond acceptors (Lipinski definition) is 4. The molecule has 0 atom stereocenters. The minimum Gasteiger partial charge on any atom is -0.355 e. The van der Waals surface area contributed by atoms with Crippen molar-refractivity contribution in [3.05, 3.63) is 49.4 Å². The zero-order chi connectivity index (χ0) is 19.1. The molecule has 0 radical (unpaired) electrons. The van der Waals surface area contributed by atoms with Gasteiger partial charge in [0.05, 0.1) is 22.3 Å². The van der Waals surface area contributed by atoms with Crippen LogP contribution in [0, 0.1) is 13.8 Å². The molecule has 140 valence electrons. The SMILES string of the molecule is CN=C(NCCNC(=O)c1ccc(Cl)c(Cl)c1)NCc1nc(C)c(C)s1. The zero-order valence-corrected chi connectivity index (χ0v) is 17.1. The number of thiazole rings is 1. The number of halogens is 2. The Labute approximate surface area is 167 Å². The van der Waals surface area contributed by atoms with Crippen LogP contribution in [0.25, 0.3) is 0 Å². The normalized spacial score (nSPS) is 11.3. The molecule has 6 nitrogen and oxygen atoms in total. The lowest BCUT2D eigenvalue weighted by atomic mass is 10.2. The maximum Gasteiger partial charge on any atom is 0.251 e. The van der Waals surface area contributed by atoms with Crippen LogP contribution in [0.1, 0.15) is 25.9 Å². The maximum atomic E-state index is 12.1. The van der Waals surface area contributed by atoms with Crippen LogP contribution in [0.3, 0.4) is 0 Å². The predicted molar refractivity (Wildman–Crippen MR) is 109 cm³/mol. The van der Waals surface area contributed by atoms with E-state index in [9.17, 15) is 4.79 Å². The van der Waals surface area contributed by atoms with Crippen molar-refractivity contribution in [3.63, 3.8) is 0 Å². The highest BCUT2D eigenvalue weighted by Gasteiger charge is 2.08. The van der Waals surface area contributed by atoms with E-state index in [4.69, 9.17) is 23.2 Å². The van der Waals surface area contributed by atoms with Crippen LogP contribution in [-0.4, -0.2) is 37.0 Å². The van der Waals surface area contributed by atoms with Crippen molar-refractivity contribution >= 4 is 46.4 Å². The maximum absolute atomic E-state index is 12.1. The minimum atomic E-state index is -0.206. The lowest BCUT2D eigenvalue weighted by molar-refractivity contribution is 0.0954. The molecule has 0 bridgehead atoms. The molecule has 0 saturated heterocycles. The number of aryl methyl sites for hydroxylation is 2. The number of carbonyl (C=O) groups is 1. The molecular weight excluding hydrogens is 393 g/mol. The minimum absolute atomic E-state index is 0.206. The second-order valence-corrected chi connectivity index (χ2v) is 7.59. The molecule has 9 heteroatoms. The number of aliphatic imine (C=N–C) groups is 1. The molecule has 0 aliphatic carbocycles. The Hall–Kier alpha value is -1.83. The fraction of sp³-hybridized carbons (Fsp3) is 0.353. The molecule has 1 aromatic carbocycles. The summed E-state index contributed by atoms with van der Waals surface area (Å²) in [7, 11) is 1.70. The van der Waals surface area contributed by atoms with E-state index in [0.717, 1.165) is 10.7 Å². The summed E-state index contributed by atoms with van der Waals surface area (Å²) in [5, 5.41) is 10.9. The molecule has 0 unspecified atom stereocenters. The Balaban J connectivity index is 1.73. The van der Waals surface area contributed by atoms with Gasteiger partial charge in [-0.3, -0.25) is 9.79 Å². The van der Waals surface area contributed by atoms with E-state index in [-0.39, 0.29) is 5.91 Å². The van der Waals surface area contributed by atoms with Gasteiger partial charge in [0.25, 0.3) is 5.91 Å². The molecule has 0 saturated carbocycles. The highest BCUT2D eigenvalue weighted by Crippen LogP contribution is 2.22. The zero-order valence-electron chi connectivity index (χ0n) is 14.8. The summed E-state index contributed by atoms with van der Waals surface area (Å²) in [6, 6.07) is 4.78. The second kappa shape index (κ2) is 9.75. The summed E-state index contributed by atoms with van der Waals surface area (Å²) in [5.74, 6) is 0.446.